The lowest BCUT2D eigenvalue weighted by Crippen LogP contribution is -2.14. The third kappa shape index (κ3) is 3.11. The Morgan fingerprint density at radius 2 is 1.62 bits per heavy atom. The SMILES string of the molecule is COc1ccc(S(=O)(=O)Nc2ccccc2)c(OC)c1C. The van der Waals surface area contributed by atoms with Gasteiger partial charge in [-0.2, -0.15) is 0 Å². The normalized spacial score (nSPS) is 11.0. The molecule has 6 heteroatoms. The Hall–Kier alpha value is -2.21. The van der Waals surface area contributed by atoms with Crippen molar-refractivity contribution in [2.45, 2.75) is 11.8 Å². The summed E-state index contributed by atoms with van der Waals surface area (Å²) in [6, 6.07) is 11.8. The minimum absolute atomic E-state index is 0.0761. The molecule has 21 heavy (non-hydrogen) atoms. The molecule has 0 aliphatic rings. The van der Waals surface area contributed by atoms with E-state index in [2.05, 4.69) is 4.72 Å². The van der Waals surface area contributed by atoms with Crippen LogP contribution >= 0.6 is 0 Å². The number of nitrogens with one attached hydrogen (secondary N) is 1. The molecule has 1 N–H and O–H groups in total. The minimum atomic E-state index is -3.73. The van der Waals surface area contributed by atoms with E-state index in [4.69, 9.17) is 9.47 Å². The summed E-state index contributed by atoms with van der Waals surface area (Å²) in [7, 11) is -0.774. The van der Waals surface area contributed by atoms with Gasteiger partial charge in [0.05, 0.1) is 14.2 Å². The van der Waals surface area contributed by atoms with Gasteiger partial charge in [0.1, 0.15) is 16.4 Å². The van der Waals surface area contributed by atoms with Gasteiger partial charge in [-0.3, -0.25) is 4.72 Å². The third-order valence-corrected chi connectivity index (χ3v) is 4.46. The first-order valence-electron chi connectivity index (χ1n) is 6.29. The molecule has 0 heterocycles. The Bertz CT molecular complexity index is 727. The van der Waals surface area contributed by atoms with Crippen molar-refractivity contribution in [3.8, 4) is 11.5 Å². The van der Waals surface area contributed by atoms with Crippen LogP contribution in [0.2, 0.25) is 0 Å². The fourth-order valence-electron chi connectivity index (χ4n) is 2.05. The number of para-hydroxylation sites is 1. The zero-order valence-corrected chi connectivity index (χ0v) is 12.9. The molecule has 0 fully saturated rings. The second kappa shape index (κ2) is 6.05. The van der Waals surface area contributed by atoms with Crippen molar-refractivity contribution in [2.75, 3.05) is 18.9 Å². The van der Waals surface area contributed by atoms with Crippen LogP contribution in [0.5, 0.6) is 11.5 Å². The molecule has 0 unspecified atom stereocenters. The summed E-state index contributed by atoms with van der Waals surface area (Å²) in [6.45, 7) is 1.75. The molecule has 2 aromatic rings. The smallest absolute Gasteiger partial charge is 0.265 e. The van der Waals surface area contributed by atoms with Crippen LogP contribution in [-0.4, -0.2) is 22.6 Å². The van der Waals surface area contributed by atoms with Crippen LogP contribution in [0.25, 0.3) is 0 Å². The molecule has 0 aliphatic heterocycles. The predicted molar refractivity (Wildman–Crippen MR) is 81.5 cm³/mol. The molecule has 0 amide bonds. The van der Waals surface area contributed by atoms with Gasteiger partial charge in [-0.15, -0.1) is 0 Å². The molecule has 0 aromatic heterocycles. The van der Waals surface area contributed by atoms with Crippen molar-refractivity contribution in [1.29, 1.82) is 0 Å². The Kier molecular flexibility index (Phi) is 4.37. The molecular formula is C15H17NO4S. The van der Waals surface area contributed by atoms with E-state index >= 15 is 0 Å². The van der Waals surface area contributed by atoms with Crippen LogP contribution in [0.15, 0.2) is 47.4 Å². The number of methoxy groups -OCH3 is 2. The maximum atomic E-state index is 12.5. The molecule has 0 radical (unpaired) electrons. The van der Waals surface area contributed by atoms with Crippen molar-refractivity contribution < 1.29 is 17.9 Å². The first-order chi connectivity index (χ1) is 9.99. The number of hydrogen-bond acceptors (Lipinski definition) is 4. The number of hydrogen-bond donors (Lipinski definition) is 1. The largest absolute Gasteiger partial charge is 0.496 e. The van der Waals surface area contributed by atoms with Crippen LogP contribution in [0, 0.1) is 6.92 Å². The maximum Gasteiger partial charge on any atom is 0.265 e. The van der Waals surface area contributed by atoms with E-state index in [0.29, 0.717) is 17.0 Å². The Balaban J connectivity index is 2.48. The van der Waals surface area contributed by atoms with Crippen molar-refractivity contribution in [2.24, 2.45) is 0 Å². The highest BCUT2D eigenvalue weighted by Crippen LogP contribution is 2.34. The van der Waals surface area contributed by atoms with Gasteiger partial charge in [-0.05, 0) is 31.2 Å². The maximum absolute atomic E-state index is 12.5. The Morgan fingerprint density at radius 3 is 2.19 bits per heavy atom. The lowest BCUT2D eigenvalue weighted by Gasteiger charge is -2.15. The summed E-state index contributed by atoms with van der Waals surface area (Å²) < 4.78 is 37.9. The van der Waals surface area contributed by atoms with Crippen molar-refractivity contribution >= 4 is 15.7 Å². The van der Waals surface area contributed by atoms with E-state index in [0.717, 1.165) is 0 Å². The number of anilines is 1. The quantitative estimate of drug-likeness (QED) is 0.922. The van der Waals surface area contributed by atoms with Crippen molar-refractivity contribution in [3.63, 3.8) is 0 Å². The summed E-state index contributed by atoms with van der Waals surface area (Å²) in [4.78, 5) is 0.0761. The van der Waals surface area contributed by atoms with Crippen molar-refractivity contribution in [3.05, 3.63) is 48.0 Å². The summed E-state index contributed by atoms with van der Waals surface area (Å²) in [5, 5.41) is 0. The van der Waals surface area contributed by atoms with Crippen LogP contribution < -0.4 is 14.2 Å². The van der Waals surface area contributed by atoms with Gasteiger partial charge in [0, 0.05) is 11.3 Å². The van der Waals surface area contributed by atoms with E-state index in [1.807, 2.05) is 6.07 Å². The van der Waals surface area contributed by atoms with E-state index in [1.165, 1.54) is 20.3 Å². The number of ether oxygens (including phenoxy) is 2. The molecule has 0 bridgehead atoms. The average Bonchev–Trinajstić information content (AvgIpc) is 2.47. The van der Waals surface area contributed by atoms with E-state index < -0.39 is 10.0 Å². The van der Waals surface area contributed by atoms with Gasteiger partial charge in [0.2, 0.25) is 0 Å². The van der Waals surface area contributed by atoms with E-state index in [1.54, 1.807) is 37.3 Å². The highest BCUT2D eigenvalue weighted by molar-refractivity contribution is 7.92. The van der Waals surface area contributed by atoms with Gasteiger partial charge in [-0.25, -0.2) is 8.42 Å². The summed E-state index contributed by atoms with van der Waals surface area (Å²) >= 11 is 0. The van der Waals surface area contributed by atoms with Crippen LogP contribution in [0.4, 0.5) is 5.69 Å². The fraction of sp³-hybridized carbons (Fsp3) is 0.200. The Labute approximate surface area is 124 Å². The van der Waals surface area contributed by atoms with Gasteiger partial charge in [0.25, 0.3) is 10.0 Å². The molecule has 0 aliphatic carbocycles. The van der Waals surface area contributed by atoms with Gasteiger partial charge < -0.3 is 9.47 Å². The van der Waals surface area contributed by atoms with E-state index in [-0.39, 0.29) is 10.6 Å². The minimum Gasteiger partial charge on any atom is -0.496 e. The first kappa shape index (κ1) is 15.2. The van der Waals surface area contributed by atoms with Gasteiger partial charge in [-0.1, -0.05) is 18.2 Å². The van der Waals surface area contributed by atoms with Crippen LogP contribution in [0.3, 0.4) is 0 Å². The fourth-order valence-corrected chi connectivity index (χ4v) is 3.34. The molecule has 5 nitrogen and oxygen atoms in total. The standard InChI is InChI=1S/C15H17NO4S/c1-11-13(19-2)9-10-14(15(11)20-3)21(17,18)16-12-7-5-4-6-8-12/h4-10,16H,1-3H3. The predicted octanol–water partition coefficient (Wildman–Crippen LogP) is 2.81. The average molecular weight is 307 g/mol. The highest BCUT2D eigenvalue weighted by Gasteiger charge is 2.22. The molecular weight excluding hydrogens is 290 g/mol. The number of benzene rings is 2. The Morgan fingerprint density at radius 1 is 0.952 bits per heavy atom. The second-order valence-electron chi connectivity index (χ2n) is 4.40. The van der Waals surface area contributed by atoms with Crippen LogP contribution in [-0.2, 0) is 10.0 Å². The van der Waals surface area contributed by atoms with Crippen LogP contribution in [0.1, 0.15) is 5.56 Å². The van der Waals surface area contributed by atoms with Gasteiger partial charge in [0.15, 0.2) is 0 Å². The molecule has 0 spiro atoms. The lowest BCUT2D eigenvalue weighted by molar-refractivity contribution is 0.380. The second-order valence-corrected chi connectivity index (χ2v) is 6.05. The molecule has 0 atom stereocenters. The highest BCUT2D eigenvalue weighted by atomic mass is 32.2. The topological polar surface area (TPSA) is 64.6 Å². The summed E-state index contributed by atoms with van der Waals surface area (Å²) in [6.07, 6.45) is 0. The van der Waals surface area contributed by atoms with Gasteiger partial charge >= 0.3 is 0 Å². The molecule has 0 saturated carbocycles. The number of sulfonamides is 1. The summed E-state index contributed by atoms with van der Waals surface area (Å²) in [5.41, 5.74) is 1.13. The summed E-state index contributed by atoms with van der Waals surface area (Å²) in [5.74, 6) is 0.850. The molecule has 112 valence electrons. The zero-order valence-electron chi connectivity index (χ0n) is 12.1. The third-order valence-electron chi connectivity index (χ3n) is 3.06. The zero-order chi connectivity index (χ0) is 15.5. The molecule has 0 saturated heterocycles. The monoisotopic (exact) mass is 307 g/mol. The lowest BCUT2D eigenvalue weighted by atomic mass is 10.2. The molecule has 2 aromatic carbocycles. The molecule has 2 rings (SSSR count). The van der Waals surface area contributed by atoms with Crippen molar-refractivity contribution in [1.82, 2.24) is 0 Å². The number of rotatable bonds is 5. The van der Waals surface area contributed by atoms with E-state index in [9.17, 15) is 8.42 Å². The first-order valence-corrected chi connectivity index (χ1v) is 7.77.